The van der Waals surface area contributed by atoms with Crippen LogP contribution in [0.1, 0.15) is 52.0 Å². The summed E-state index contributed by atoms with van der Waals surface area (Å²) in [5.74, 6) is 0.919. The van der Waals surface area contributed by atoms with Crippen molar-refractivity contribution in [2.45, 2.75) is 89.5 Å². The lowest BCUT2D eigenvalue weighted by atomic mass is 9.98. The van der Waals surface area contributed by atoms with Gasteiger partial charge in [0.1, 0.15) is 18.0 Å². The standard InChI is InChI=1S/C24H38O4Si/c1-24(2,3)29(4,5)28-21-15-11-17-26-23(21)22(20-14-9-10-16-25-20)27-18-19-12-7-6-8-13-19/h6-8,12-14,21-23H,9-11,15-18H2,1-5H3/t21-,22-,23-/m0/s1. The minimum atomic E-state index is -1.91. The van der Waals surface area contributed by atoms with E-state index < -0.39 is 8.32 Å². The molecule has 3 rings (SSSR count). The van der Waals surface area contributed by atoms with Crippen LogP contribution in [-0.4, -0.2) is 39.8 Å². The van der Waals surface area contributed by atoms with E-state index in [1.165, 1.54) is 0 Å². The lowest BCUT2D eigenvalue weighted by Gasteiger charge is -2.44. The van der Waals surface area contributed by atoms with E-state index in [0.29, 0.717) is 6.61 Å². The van der Waals surface area contributed by atoms with Crippen molar-refractivity contribution in [2.24, 2.45) is 0 Å². The van der Waals surface area contributed by atoms with E-state index >= 15 is 0 Å². The summed E-state index contributed by atoms with van der Waals surface area (Å²) < 4.78 is 25.6. The first-order valence-corrected chi connectivity index (χ1v) is 14.0. The Morgan fingerprint density at radius 3 is 2.52 bits per heavy atom. The molecule has 4 nitrogen and oxygen atoms in total. The van der Waals surface area contributed by atoms with E-state index in [-0.39, 0.29) is 23.4 Å². The van der Waals surface area contributed by atoms with Crippen LogP contribution in [0.2, 0.25) is 18.1 Å². The van der Waals surface area contributed by atoms with Crippen molar-refractivity contribution in [3.05, 3.63) is 47.7 Å². The van der Waals surface area contributed by atoms with Crippen LogP contribution in [0.4, 0.5) is 0 Å². The maximum Gasteiger partial charge on any atom is 0.192 e. The third-order valence-corrected chi connectivity index (χ3v) is 10.9. The van der Waals surface area contributed by atoms with Crippen LogP contribution in [0, 0.1) is 0 Å². The Bertz CT molecular complexity index is 665. The van der Waals surface area contributed by atoms with E-state index in [1.807, 2.05) is 18.2 Å². The SMILES string of the molecule is CC(C)(C)[Si](C)(C)O[C@H]1CCCO[C@@H]1[C@@H](OCc1ccccc1)C1=CCCCO1. The largest absolute Gasteiger partial charge is 0.495 e. The lowest BCUT2D eigenvalue weighted by Crippen LogP contribution is -2.53. The summed E-state index contributed by atoms with van der Waals surface area (Å²) in [5.41, 5.74) is 1.16. The van der Waals surface area contributed by atoms with Gasteiger partial charge in [-0.25, -0.2) is 0 Å². The van der Waals surface area contributed by atoms with Gasteiger partial charge in [0.2, 0.25) is 0 Å². The highest BCUT2D eigenvalue weighted by Gasteiger charge is 2.44. The van der Waals surface area contributed by atoms with Gasteiger partial charge in [0, 0.05) is 6.61 Å². The highest BCUT2D eigenvalue weighted by molar-refractivity contribution is 6.74. The second-order valence-electron chi connectivity index (χ2n) is 9.71. The first kappa shape index (κ1) is 22.5. The highest BCUT2D eigenvalue weighted by Crippen LogP contribution is 2.40. The summed E-state index contributed by atoms with van der Waals surface area (Å²) in [6, 6.07) is 10.3. The summed E-state index contributed by atoms with van der Waals surface area (Å²) in [6.07, 6.45) is 5.98. The van der Waals surface area contributed by atoms with Gasteiger partial charge < -0.3 is 18.6 Å². The minimum absolute atomic E-state index is 0.0387. The predicted octanol–water partition coefficient (Wildman–Crippen LogP) is 5.84. The molecule has 0 spiro atoms. The van der Waals surface area contributed by atoms with Crippen LogP contribution in [0.15, 0.2) is 42.2 Å². The van der Waals surface area contributed by atoms with Crippen molar-refractivity contribution >= 4 is 8.32 Å². The first-order chi connectivity index (χ1) is 13.8. The van der Waals surface area contributed by atoms with Gasteiger partial charge in [0.05, 0.1) is 19.3 Å². The van der Waals surface area contributed by atoms with Gasteiger partial charge in [-0.3, -0.25) is 0 Å². The number of allylic oxidation sites excluding steroid dienone is 1. The van der Waals surface area contributed by atoms with Crippen molar-refractivity contribution in [1.29, 1.82) is 0 Å². The van der Waals surface area contributed by atoms with Crippen LogP contribution in [-0.2, 0) is 25.2 Å². The summed E-state index contributed by atoms with van der Waals surface area (Å²) >= 11 is 0. The van der Waals surface area contributed by atoms with Crippen LogP contribution in [0.25, 0.3) is 0 Å². The Labute approximate surface area is 177 Å². The molecule has 0 amide bonds. The molecule has 0 saturated carbocycles. The van der Waals surface area contributed by atoms with Crippen molar-refractivity contribution in [2.75, 3.05) is 13.2 Å². The predicted molar refractivity (Wildman–Crippen MR) is 119 cm³/mol. The summed E-state index contributed by atoms with van der Waals surface area (Å²) in [4.78, 5) is 0. The molecule has 2 aliphatic heterocycles. The zero-order valence-corrected chi connectivity index (χ0v) is 19.8. The maximum atomic E-state index is 6.83. The minimum Gasteiger partial charge on any atom is -0.495 e. The Morgan fingerprint density at radius 1 is 1.10 bits per heavy atom. The van der Waals surface area contributed by atoms with Crippen molar-refractivity contribution in [3.63, 3.8) is 0 Å². The highest BCUT2D eigenvalue weighted by atomic mass is 28.4. The molecule has 0 bridgehead atoms. The number of benzene rings is 1. The third-order valence-electron chi connectivity index (χ3n) is 6.38. The van der Waals surface area contributed by atoms with E-state index in [9.17, 15) is 0 Å². The van der Waals surface area contributed by atoms with Gasteiger partial charge >= 0.3 is 0 Å². The topological polar surface area (TPSA) is 36.9 Å². The molecule has 162 valence electrons. The number of hydrogen-bond donors (Lipinski definition) is 0. The van der Waals surface area contributed by atoms with E-state index in [1.54, 1.807) is 0 Å². The molecule has 1 aromatic rings. The summed E-state index contributed by atoms with van der Waals surface area (Å²) in [6.45, 7) is 13.5. The molecule has 0 aromatic heterocycles. The molecule has 0 aliphatic carbocycles. The number of hydrogen-bond acceptors (Lipinski definition) is 4. The van der Waals surface area contributed by atoms with Gasteiger partial charge in [0.15, 0.2) is 8.32 Å². The van der Waals surface area contributed by atoms with Gasteiger partial charge in [0.25, 0.3) is 0 Å². The molecule has 5 heteroatoms. The fraction of sp³-hybridized carbons (Fsp3) is 0.667. The lowest BCUT2D eigenvalue weighted by molar-refractivity contribution is -0.144. The molecule has 1 saturated heterocycles. The maximum absolute atomic E-state index is 6.83. The molecule has 3 atom stereocenters. The second kappa shape index (κ2) is 9.78. The first-order valence-electron chi connectivity index (χ1n) is 11.1. The molecule has 0 unspecified atom stereocenters. The van der Waals surface area contributed by atoms with Crippen molar-refractivity contribution in [1.82, 2.24) is 0 Å². The molecule has 0 N–H and O–H groups in total. The molecule has 29 heavy (non-hydrogen) atoms. The molecule has 1 fully saturated rings. The number of rotatable bonds is 7. The second-order valence-corrected chi connectivity index (χ2v) is 14.5. The Hall–Kier alpha value is -1.14. The zero-order chi connectivity index (χ0) is 20.9. The number of ether oxygens (including phenoxy) is 3. The molecule has 2 heterocycles. The van der Waals surface area contributed by atoms with Crippen LogP contribution < -0.4 is 0 Å². The van der Waals surface area contributed by atoms with Crippen molar-refractivity contribution in [3.8, 4) is 0 Å². The molecular weight excluding hydrogens is 380 g/mol. The Kier molecular flexibility index (Phi) is 7.60. The Balaban J connectivity index is 1.80. The zero-order valence-electron chi connectivity index (χ0n) is 18.8. The van der Waals surface area contributed by atoms with Gasteiger partial charge in [-0.15, -0.1) is 0 Å². The van der Waals surface area contributed by atoms with Gasteiger partial charge in [-0.05, 0) is 55.5 Å². The van der Waals surface area contributed by atoms with E-state index in [2.05, 4.69) is 52.1 Å². The van der Waals surface area contributed by atoms with Gasteiger partial charge in [-0.1, -0.05) is 51.1 Å². The average Bonchev–Trinajstić information content (AvgIpc) is 2.70. The monoisotopic (exact) mass is 418 g/mol. The van der Waals surface area contributed by atoms with Crippen LogP contribution >= 0.6 is 0 Å². The Morgan fingerprint density at radius 2 is 1.86 bits per heavy atom. The van der Waals surface area contributed by atoms with Crippen molar-refractivity contribution < 1.29 is 18.6 Å². The molecular formula is C24H38O4Si. The normalized spacial score (nSPS) is 24.5. The molecule has 2 aliphatic rings. The molecule has 1 aromatic carbocycles. The third kappa shape index (κ3) is 5.94. The smallest absolute Gasteiger partial charge is 0.192 e. The average molecular weight is 419 g/mol. The summed E-state index contributed by atoms with van der Waals surface area (Å²) in [5, 5.41) is 0.163. The summed E-state index contributed by atoms with van der Waals surface area (Å²) in [7, 11) is -1.91. The quantitative estimate of drug-likeness (QED) is 0.522. The molecule has 0 radical (unpaired) electrons. The van der Waals surface area contributed by atoms with Gasteiger partial charge in [-0.2, -0.15) is 0 Å². The fourth-order valence-corrected chi connectivity index (χ4v) is 4.98. The fourth-order valence-electron chi connectivity index (χ4n) is 3.61. The van der Waals surface area contributed by atoms with E-state index in [4.69, 9.17) is 18.6 Å². The van der Waals surface area contributed by atoms with Crippen LogP contribution in [0.5, 0.6) is 0 Å². The van der Waals surface area contributed by atoms with E-state index in [0.717, 1.165) is 50.2 Å². The van der Waals surface area contributed by atoms with Crippen LogP contribution in [0.3, 0.4) is 0 Å².